The minimum absolute atomic E-state index is 0.0669. The van der Waals surface area contributed by atoms with E-state index in [9.17, 15) is 5.11 Å². The van der Waals surface area contributed by atoms with Gasteiger partial charge in [-0.15, -0.1) is 0 Å². The van der Waals surface area contributed by atoms with Gasteiger partial charge in [0.05, 0.1) is 38.0 Å². The second-order valence-corrected chi connectivity index (χ2v) is 5.10. The number of aliphatic hydroxyl groups is 1. The third-order valence-electron chi connectivity index (χ3n) is 3.11. The molecule has 0 saturated heterocycles. The fourth-order valence-electron chi connectivity index (χ4n) is 1.91. The van der Waals surface area contributed by atoms with E-state index in [1.54, 1.807) is 0 Å². The second-order valence-electron chi connectivity index (χ2n) is 5.10. The third kappa shape index (κ3) is 6.31. The van der Waals surface area contributed by atoms with Crippen LogP contribution in [0, 0.1) is 6.92 Å². The van der Waals surface area contributed by atoms with Crippen molar-refractivity contribution in [1.82, 2.24) is 0 Å². The summed E-state index contributed by atoms with van der Waals surface area (Å²) < 4.78 is 131. The molecule has 0 fully saturated rings. The Hall–Kier alpha value is -2.20. The fourth-order valence-corrected chi connectivity index (χ4v) is 1.91. The van der Waals surface area contributed by atoms with Crippen molar-refractivity contribution in [2.45, 2.75) is 38.7 Å². The van der Waals surface area contributed by atoms with E-state index < -0.39 is 86.9 Å². The highest BCUT2D eigenvalue weighted by atomic mass is 16.5. The molecule has 0 saturated carbocycles. The lowest BCUT2D eigenvalue weighted by molar-refractivity contribution is 0.0976. The van der Waals surface area contributed by atoms with Crippen molar-refractivity contribution < 1.29 is 39.9 Å². The minimum Gasteiger partial charge on any atom is -0.493 e. The zero-order valence-electron chi connectivity index (χ0n) is 28.6. The van der Waals surface area contributed by atoms with Crippen LogP contribution < -0.4 is 14.2 Å². The SMILES string of the molecule is [2H]c1c([2H])c(C)c([2H])c(OCC(O)CCCC([2H])([2H])c2c([2H])c([2H])c(OC([2H])([2H])[2H])c(OC([2H])([2H])[2H])c2[2H])c1[2H]. The molecule has 0 heterocycles. The lowest BCUT2D eigenvalue weighted by atomic mass is 10.0. The summed E-state index contributed by atoms with van der Waals surface area (Å²) in [6.45, 7) is 1.01. The number of hydrogen-bond acceptors (Lipinski definition) is 4. The summed E-state index contributed by atoms with van der Waals surface area (Å²) >= 11 is 0. The van der Waals surface area contributed by atoms with E-state index >= 15 is 0 Å². The minimum atomic E-state index is -3.22. The van der Waals surface area contributed by atoms with Gasteiger partial charge in [0, 0.05) is 2.74 Å². The lowest BCUT2D eigenvalue weighted by Crippen LogP contribution is -2.17. The van der Waals surface area contributed by atoms with Gasteiger partial charge < -0.3 is 19.3 Å². The number of hydrogen-bond donors (Lipinski definition) is 1. The highest BCUT2D eigenvalue weighted by Crippen LogP contribution is 2.28. The molecule has 0 aliphatic heterocycles. The van der Waals surface area contributed by atoms with Gasteiger partial charge in [0.2, 0.25) is 0 Å². The molecule has 0 aliphatic carbocycles. The topological polar surface area (TPSA) is 47.9 Å². The molecule has 0 radical (unpaired) electrons. The van der Waals surface area contributed by atoms with E-state index in [2.05, 4.69) is 4.74 Å². The maximum atomic E-state index is 10.3. The van der Waals surface area contributed by atoms with Gasteiger partial charge in [-0.1, -0.05) is 24.5 Å². The molecule has 0 bridgehead atoms. The quantitative estimate of drug-likeness (QED) is 0.692. The second kappa shape index (κ2) is 9.94. The number of aliphatic hydroxyl groups excluding tert-OH is 1. The van der Waals surface area contributed by atoms with Crippen molar-refractivity contribution in [3.63, 3.8) is 0 Å². The van der Waals surface area contributed by atoms with Gasteiger partial charge in [-0.05, 0) is 61.4 Å². The van der Waals surface area contributed by atoms with Gasteiger partial charge in [0.1, 0.15) is 12.4 Å². The molecule has 1 atom stereocenters. The average molecular weight is 360 g/mol. The first-order valence-corrected chi connectivity index (χ1v) is 7.49. The van der Waals surface area contributed by atoms with E-state index in [1.165, 1.54) is 6.92 Å². The van der Waals surface area contributed by atoms with Crippen LogP contribution >= 0.6 is 0 Å². The first-order chi connectivity index (χ1) is 18.1. The standard InChI is InChI=1S/C21H28O4/c1-16-7-6-10-19(13-16)25-15-18(22)9-5-4-8-17-11-12-20(23-2)21(14-17)24-3/h6-7,10-14,18,22H,4-5,8-9,15H2,1-3H3/i2D3,3D3,6D,7D,8D2,10D,11D,12D,13D,14D. The Morgan fingerprint density at radius 1 is 1.12 bits per heavy atom. The number of methoxy groups -OCH3 is 2. The van der Waals surface area contributed by atoms with Gasteiger partial charge in [0.15, 0.2) is 11.5 Å². The summed E-state index contributed by atoms with van der Waals surface area (Å²) in [5.41, 5.74) is -0.603. The van der Waals surface area contributed by atoms with Crippen molar-refractivity contribution in [3.8, 4) is 17.2 Å². The van der Waals surface area contributed by atoms with Gasteiger partial charge in [-0.25, -0.2) is 0 Å². The van der Waals surface area contributed by atoms with Crippen LogP contribution in [-0.2, 0) is 6.37 Å². The first kappa shape index (κ1) is 7.20. The van der Waals surface area contributed by atoms with Crippen LogP contribution in [0.5, 0.6) is 17.2 Å². The van der Waals surface area contributed by atoms with Crippen molar-refractivity contribution >= 4 is 0 Å². The Labute approximate surface area is 171 Å². The molecule has 1 N–H and O–H groups in total. The molecule has 0 aliphatic rings. The van der Waals surface area contributed by atoms with Crippen LogP contribution in [-0.4, -0.2) is 31.9 Å². The maximum Gasteiger partial charge on any atom is 0.160 e. The van der Waals surface area contributed by atoms with Crippen LogP contribution in [0.2, 0.25) is 0 Å². The summed E-state index contributed by atoms with van der Waals surface area (Å²) in [5.74, 6) is -2.32. The van der Waals surface area contributed by atoms with Crippen molar-refractivity contribution in [2.75, 3.05) is 20.7 Å². The summed E-state index contributed by atoms with van der Waals surface area (Å²) in [7, 11) is -6.41. The van der Waals surface area contributed by atoms with E-state index in [4.69, 9.17) is 30.0 Å². The highest BCUT2D eigenvalue weighted by Gasteiger charge is 2.07. The molecule has 1 unspecified atom stereocenters. The molecule has 0 aromatic heterocycles. The molecular formula is C21H28O4. The zero-order valence-corrected chi connectivity index (χ0v) is 13.6. The first-order valence-electron chi connectivity index (χ1n) is 15.0. The smallest absolute Gasteiger partial charge is 0.160 e. The van der Waals surface area contributed by atoms with Crippen LogP contribution in [0.4, 0.5) is 0 Å². The Morgan fingerprint density at radius 2 is 1.96 bits per heavy atom. The third-order valence-corrected chi connectivity index (χ3v) is 3.11. The van der Waals surface area contributed by atoms with E-state index in [0.29, 0.717) is 0 Å². The molecule has 4 heteroatoms. The number of rotatable bonds is 10. The number of ether oxygens (including phenoxy) is 3. The van der Waals surface area contributed by atoms with Crippen LogP contribution in [0.1, 0.15) is 51.0 Å². The molecule has 0 spiro atoms. The fraction of sp³-hybridized carbons (Fsp3) is 0.429. The van der Waals surface area contributed by atoms with Gasteiger partial charge in [-0.2, -0.15) is 0 Å². The van der Waals surface area contributed by atoms with E-state index in [1.807, 2.05) is 0 Å². The molecule has 0 amide bonds. The molecule has 136 valence electrons. The summed E-state index contributed by atoms with van der Waals surface area (Å²) in [6.07, 6.45) is -4.33. The molecule has 4 nitrogen and oxygen atoms in total. The Kier molecular flexibility index (Phi) is 2.86. The molecule has 2 aromatic rings. The van der Waals surface area contributed by atoms with Crippen molar-refractivity contribution in [1.29, 1.82) is 0 Å². The van der Waals surface area contributed by atoms with Gasteiger partial charge in [-0.3, -0.25) is 0 Å². The largest absolute Gasteiger partial charge is 0.493 e. The molecule has 2 rings (SSSR count). The van der Waals surface area contributed by atoms with Crippen molar-refractivity contribution in [2.24, 2.45) is 0 Å². The maximum absolute atomic E-state index is 10.3. The van der Waals surface area contributed by atoms with Crippen molar-refractivity contribution in [3.05, 3.63) is 53.4 Å². The normalized spacial score (nSPS) is 22.1. The van der Waals surface area contributed by atoms with Crippen LogP contribution in [0.15, 0.2) is 42.3 Å². The monoisotopic (exact) mass is 359 g/mol. The molecule has 25 heavy (non-hydrogen) atoms. The average Bonchev–Trinajstić information content (AvgIpc) is 2.80. The highest BCUT2D eigenvalue weighted by molar-refractivity contribution is 5.42. The molecular weight excluding hydrogens is 316 g/mol. The Morgan fingerprint density at radius 3 is 2.80 bits per heavy atom. The Balaban J connectivity index is 2.25. The van der Waals surface area contributed by atoms with Crippen LogP contribution in [0.3, 0.4) is 0 Å². The predicted octanol–water partition coefficient (Wildman–Crippen LogP) is 4.16. The summed E-state index contributed by atoms with van der Waals surface area (Å²) in [5, 5.41) is 10.3. The summed E-state index contributed by atoms with van der Waals surface area (Å²) in [6, 6.07) is -4.34. The Bertz CT molecular complexity index is 1210. The van der Waals surface area contributed by atoms with Gasteiger partial charge in [0.25, 0.3) is 0 Å². The zero-order chi connectivity index (χ0) is 31.0. The van der Waals surface area contributed by atoms with E-state index in [0.717, 1.165) is 0 Å². The lowest BCUT2D eigenvalue weighted by Gasteiger charge is -2.13. The van der Waals surface area contributed by atoms with Crippen LogP contribution in [0.25, 0.3) is 0 Å². The predicted molar refractivity (Wildman–Crippen MR) is 99.8 cm³/mol. The van der Waals surface area contributed by atoms with Gasteiger partial charge >= 0.3 is 0 Å². The molecule has 2 aromatic carbocycles. The summed E-state index contributed by atoms with van der Waals surface area (Å²) in [4.78, 5) is 0. The van der Waals surface area contributed by atoms with E-state index in [-0.39, 0.29) is 36.2 Å². The number of benzene rings is 2.